The van der Waals surface area contributed by atoms with E-state index in [2.05, 4.69) is 31.0 Å². The van der Waals surface area contributed by atoms with Gasteiger partial charge in [0, 0.05) is 19.1 Å². The number of nitrogens with zero attached hydrogens (tertiary/aromatic N) is 1. The van der Waals surface area contributed by atoms with Crippen molar-refractivity contribution in [2.45, 2.75) is 58.2 Å². The van der Waals surface area contributed by atoms with Gasteiger partial charge in [0.2, 0.25) is 5.91 Å². The van der Waals surface area contributed by atoms with Crippen LogP contribution in [-0.4, -0.2) is 54.2 Å². The maximum atomic E-state index is 11.7. The Morgan fingerprint density at radius 2 is 2.21 bits per heavy atom. The molecule has 0 radical (unpaired) electrons. The summed E-state index contributed by atoms with van der Waals surface area (Å²) in [5.74, 6) is -0.284. The molecule has 1 fully saturated rings. The zero-order chi connectivity index (χ0) is 14.7. The lowest BCUT2D eigenvalue weighted by atomic mass is 9.91. The first-order valence-electron chi connectivity index (χ1n) is 7.13. The fourth-order valence-electron chi connectivity index (χ4n) is 2.80. The second-order valence-corrected chi connectivity index (χ2v) is 6.36. The van der Waals surface area contributed by atoms with Gasteiger partial charge in [-0.1, -0.05) is 6.92 Å². The summed E-state index contributed by atoms with van der Waals surface area (Å²) in [6, 6.07) is 0.291. The van der Waals surface area contributed by atoms with Gasteiger partial charge in [-0.05, 0) is 40.7 Å². The van der Waals surface area contributed by atoms with Gasteiger partial charge in [0.15, 0.2) is 0 Å². The van der Waals surface area contributed by atoms with E-state index < -0.39 is 5.54 Å². The summed E-state index contributed by atoms with van der Waals surface area (Å²) in [5, 5.41) is 3.22. The van der Waals surface area contributed by atoms with Crippen LogP contribution in [0.5, 0.6) is 0 Å². The normalized spacial score (nSPS) is 24.7. The fourth-order valence-corrected chi connectivity index (χ4v) is 2.80. The second-order valence-electron chi connectivity index (χ2n) is 6.36. The van der Waals surface area contributed by atoms with Crippen LogP contribution in [0.15, 0.2) is 0 Å². The average Bonchev–Trinajstić information content (AvgIpc) is 2.27. The van der Waals surface area contributed by atoms with E-state index in [4.69, 9.17) is 10.5 Å². The number of carbonyl (C=O) groups excluding carboxylic acids is 1. The van der Waals surface area contributed by atoms with Gasteiger partial charge in [-0.25, -0.2) is 0 Å². The molecular formula is C14H29N3O2. The maximum absolute atomic E-state index is 11.7. The Labute approximate surface area is 116 Å². The molecular weight excluding hydrogens is 242 g/mol. The van der Waals surface area contributed by atoms with Gasteiger partial charge in [0.05, 0.1) is 17.7 Å². The SMILES string of the molecule is CCNC(C)(CC(C)N1CCOC(C)(C)C1)C(N)=O. The minimum Gasteiger partial charge on any atom is -0.373 e. The van der Waals surface area contributed by atoms with Gasteiger partial charge in [0.1, 0.15) is 0 Å². The molecule has 2 unspecified atom stereocenters. The Bertz CT molecular complexity index is 320. The third kappa shape index (κ3) is 4.44. The minimum atomic E-state index is -0.642. The highest BCUT2D eigenvalue weighted by molar-refractivity contribution is 5.84. The van der Waals surface area contributed by atoms with Gasteiger partial charge in [-0.3, -0.25) is 9.69 Å². The Morgan fingerprint density at radius 1 is 1.58 bits per heavy atom. The summed E-state index contributed by atoms with van der Waals surface area (Å²) < 4.78 is 5.72. The van der Waals surface area contributed by atoms with Crippen LogP contribution in [0, 0.1) is 0 Å². The average molecular weight is 271 g/mol. The van der Waals surface area contributed by atoms with Crippen molar-refractivity contribution in [3.63, 3.8) is 0 Å². The van der Waals surface area contributed by atoms with E-state index in [0.29, 0.717) is 12.5 Å². The second kappa shape index (κ2) is 6.20. The van der Waals surface area contributed by atoms with Crippen molar-refractivity contribution in [1.82, 2.24) is 10.2 Å². The Balaban J connectivity index is 2.66. The van der Waals surface area contributed by atoms with Crippen LogP contribution in [-0.2, 0) is 9.53 Å². The van der Waals surface area contributed by atoms with Crippen molar-refractivity contribution < 1.29 is 9.53 Å². The Kier molecular flexibility index (Phi) is 5.35. The Morgan fingerprint density at radius 3 is 2.68 bits per heavy atom. The molecule has 0 saturated carbocycles. The fraction of sp³-hybridized carbons (Fsp3) is 0.929. The highest BCUT2D eigenvalue weighted by atomic mass is 16.5. The summed E-state index contributed by atoms with van der Waals surface area (Å²) in [4.78, 5) is 14.1. The van der Waals surface area contributed by atoms with E-state index in [1.807, 2.05) is 13.8 Å². The highest BCUT2D eigenvalue weighted by Gasteiger charge is 2.36. The van der Waals surface area contributed by atoms with Gasteiger partial charge in [-0.2, -0.15) is 0 Å². The molecule has 0 aromatic carbocycles. The zero-order valence-corrected chi connectivity index (χ0v) is 13.0. The number of hydrogen-bond acceptors (Lipinski definition) is 4. The van der Waals surface area contributed by atoms with Gasteiger partial charge >= 0.3 is 0 Å². The number of amides is 1. The predicted octanol–water partition coefficient (Wildman–Crippen LogP) is 0.729. The Hall–Kier alpha value is -0.650. The first kappa shape index (κ1) is 16.4. The molecule has 0 aromatic rings. The van der Waals surface area contributed by atoms with E-state index in [1.165, 1.54) is 0 Å². The standard InChI is InChI=1S/C14H29N3O2/c1-6-16-14(5,12(15)18)9-11(2)17-7-8-19-13(3,4)10-17/h11,16H,6-10H2,1-5H3,(H2,15,18). The molecule has 1 heterocycles. The molecule has 1 amide bonds. The monoisotopic (exact) mass is 271 g/mol. The van der Waals surface area contributed by atoms with Crippen LogP contribution in [0.1, 0.15) is 41.0 Å². The number of ether oxygens (including phenoxy) is 1. The van der Waals surface area contributed by atoms with Crippen molar-refractivity contribution in [2.75, 3.05) is 26.2 Å². The molecule has 1 saturated heterocycles. The number of primary amides is 1. The number of hydrogen-bond donors (Lipinski definition) is 2. The zero-order valence-electron chi connectivity index (χ0n) is 13.0. The number of likely N-dealkylation sites (N-methyl/N-ethyl adjacent to an activating group) is 1. The summed E-state index contributed by atoms with van der Waals surface area (Å²) in [6.45, 7) is 13.5. The summed E-state index contributed by atoms with van der Waals surface area (Å²) in [6.07, 6.45) is 0.715. The van der Waals surface area contributed by atoms with Crippen LogP contribution in [0.2, 0.25) is 0 Å². The predicted molar refractivity (Wildman–Crippen MR) is 77.0 cm³/mol. The van der Waals surface area contributed by atoms with Gasteiger partial charge in [0.25, 0.3) is 0 Å². The molecule has 0 aromatic heterocycles. The number of morpholine rings is 1. The lowest BCUT2D eigenvalue weighted by Gasteiger charge is -2.43. The van der Waals surface area contributed by atoms with E-state index in [0.717, 1.165) is 26.2 Å². The third-order valence-corrected chi connectivity index (χ3v) is 3.89. The molecule has 1 aliphatic rings. The molecule has 19 heavy (non-hydrogen) atoms. The van der Waals surface area contributed by atoms with Crippen LogP contribution in [0.3, 0.4) is 0 Å². The van der Waals surface area contributed by atoms with Crippen LogP contribution >= 0.6 is 0 Å². The van der Waals surface area contributed by atoms with Crippen molar-refractivity contribution in [3.05, 3.63) is 0 Å². The quantitative estimate of drug-likeness (QED) is 0.747. The molecule has 5 heteroatoms. The van der Waals surface area contributed by atoms with Crippen LogP contribution < -0.4 is 11.1 Å². The third-order valence-electron chi connectivity index (χ3n) is 3.89. The summed E-state index contributed by atoms with van der Waals surface area (Å²) >= 11 is 0. The topological polar surface area (TPSA) is 67.6 Å². The van der Waals surface area contributed by atoms with Crippen LogP contribution in [0.25, 0.3) is 0 Å². The van der Waals surface area contributed by atoms with Gasteiger partial charge < -0.3 is 15.8 Å². The molecule has 1 rings (SSSR count). The molecule has 112 valence electrons. The molecule has 5 nitrogen and oxygen atoms in total. The number of carbonyl (C=O) groups is 1. The molecule has 3 N–H and O–H groups in total. The van der Waals surface area contributed by atoms with E-state index in [9.17, 15) is 4.79 Å². The van der Waals surface area contributed by atoms with Crippen molar-refractivity contribution in [3.8, 4) is 0 Å². The summed E-state index contributed by atoms with van der Waals surface area (Å²) in [7, 11) is 0. The van der Waals surface area contributed by atoms with Crippen LogP contribution in [0.4, 0.5) is 0 Å². The number of rotatable bonds is 6. The first-order valence-corrected chi connectivity index (χ1v) is 7.13. The molecule has 0 spiro atoms. The van der Waals surface area contributed by atoms with Crippen molar-refractivity contribution in [1.29, 1.82) is 0 Å². The van der Waals surface area contributed by atoms with Crippen molar-refractivity contribution in [2.24, 2.45) is 5.73 Å². The molecule has 1 aliphatic heterocycles. The molecule has 2 atom stereocenters. The largest absolute Gasteiger partial charge is 0.373 e. The smallest absolute Gasteiger partial charge is 0.237 e. The van der Waals surface area contributed by atoms with E-state index in [-0.39, 0.29) is 11.5 Å². The summed E-state index contributed by atoms with van der Waals surface area (Å²) in [5.41, 5.74) is 4.78. The van der Waals surface area contributed by atoms with E-state index >= 15 is 0 Å². The lowest BCUT2D eigenvalue weighted by Crippen LogP contribution is -2.58. The van der Waals surface area contributed by atoms with Gasteiger partial charge in [-0.15, -0.1) is 0 Å². The lowest BCUT2D eigenvalue weighted by molar-refractivity contribution is -0.126. The molecule has 0 bridgehead atoms. The first-order chi connectivity index (χ1) is 8.70. The molecule has 0 aliphatic carbocycles. The minimum absolute atomic E-state index is 0.117. The maximum Gasteiger partial charge on any atom is 0.237 e. The van der Waals surface area contributed by atoms with E-state index in [1.54, 1.807) is 0 Å². The highest BCUT2D eigenvalue weighted by Crippen LogP contribution is 2.22. The number of nitrogens with one attached hydrogen (secondary N) is 1. The van der Waals surface area contributed by atoms with Crippen molar-refractivity contribution >= 4 is 5.91 Å². The number of nitrogens with two attached hydrogens (primary N) is 1.